The maximum Gasteiger partial charge on any atom is 0.246 e. The number of carbonyl (C=O) groups excluding carboxylic acids is 1. The third-order valence-electron chi connectivity index (χ3n) is 3.05. The van der Waals surface area contributed by atoms with Crippen LogP contribution in [0.3, 0.4) is 0 Å². The summed E-state index contributed by atoms with van der Waals surface area (Å²) in [6, 6.07) is 16.3. The van der Waals surface area contributed by atoms with Gasteiger partial charge in [-0.15, -0.1) is 0 Å². The summed E-state index contributed by atoms with van der Waals surface area (Å²) in [5.41, 5.74) is 2.08. The van der Waals surface area contributed by atoms with Crippen LogP contribution in [0.25, 0.3) is 0 Å². The van der Waals surface area contributed by atoms with Gasteiger partial charge < -0.3 is 5.32 Å². The van der Waals surface area contributed by atoms with Crippen LogP contribution >= 0.6 is 11.6 Å². The molecule has 4 heteroatoms. The fourth-order valence-electron chi connectivity index (χ4n) is 1.88. The first-order chi connectivity index (χ1) is 9.63. The maximum absolute atomic E-state index is 12.2. The van der Waals surface area contributed by atoms with Gasteiger partial charge in [-0.2, -0.15) is 5.26 Å². The van der Waals surface area contributed by atoms with Crippen LogP contribution in [0.15, 0.2) is 48.5 Å². The van der Waals surface area contributed by atoms with Gasteiger partial charge >= 0.3 is 0 Å². The van der Waals surface area contributed by atoms with Crippen molar-refractivity contribution in [2.75, 3.05) is 5.32 Å². The van der Waals surface area contributed by atoms with Crippen molar-refractivity contribution in [3.8, 4) is 6.07 Å². The number of hydrogen-bond acceptors (Lipinski definition) is 2. The van der Waals surface area contributed by atoms with Gasteiger partial charge in [0.1, 0.15) is 0 Å². The number of benzene rings is 2. The highest BCUT2D eigenvalue weighted by Crippen LogP contribution is 2.24. The van der Waals surface area contributed by atoms with Crippen LogP contribution in [0.1, 0.15) is 17.0 Å². The number of halogens is 1. The van der Waals surface area contributed by atoms with E-state index in [1.165, 1.54) is 0 Å². The van der Waals surface area contributed by atoms with Crippen molar-refractivity contribution in [2.24, 2.45) is 0 Å². The summed E-state index contributed by atoms with van der Waals surface area (Å²) in [5.74, 6) is -1.20. The average molecular weight is 285 g/mol. The Hall–Kier alpha value is -2.31. The number of nitrogens with one attached hydrogen (secondary N) is 1. The van der Waals surface area contributed by atoms with Crippen LogP contribution in [0.5, 0.6) is 0 Å². The van der Waals surface area contributed by atoms with E-state index in [9.17, 15) is 10.1 Å². The molecular formula is C16H13ClN2O. The first-order valence-electron chi connectivity index (χ1n) is 6.14. The fourth-order valence-corrected chi connectivity index (χ4v) is 2.05. The average Bonchev–Trinajstić information content (AvgIpc) is 2.46. The summed E-state index contributed by atoms with van der Waals surface area (Å²) in [4.78, 5) is 12.2. The van der Waals surface area contributed by atoms with Crippen LogP contribution in [-0.4, -0.2) is 5.91 Å². The number of hydrogen-bond donors (Lipinski definition) is 1. The fraction of sp³-hybridized carbons (Fsp3) is 0.125. The molecule has 0 heterocycles. The molecule has 0 radical (unpaired) electrons. The molecule has 2 aromatic rings. The highest BCUT2D eigenvalue weighted by Gasteiger charge is 2.20. The molecule has 2 rings (SSSR count). The molecule has 0 fully saturated rings. The number of anilines is 1. The second kappa shape index (κ2) is 6.23. The molecule has 0 aromatic heterocycles. The van der Waals surface area contributed by atoms with Crippen LogP contribution in [-0.2, 0) is 4.79 Å². The molecule has 0 spiro atoms. The Labute approximate surface area is 122 Å². The number of carbonyl (C=O) groups is 1. The summed E-state index contributed by atoms with van der Waals surface area (Å²) < 4.78 is 0. The van der Waals surface area contributed by atoms with Gasteiger partial charge in [-0.25, -0.2) is 0 Å². The molecule has 2 aromatic carbocycles. The van der Waals surface area contributed by atoms with E-state index in [2.05, 4.69) is 5.32 Å². The van der Waals surface area contributed by atoms with Crippen LogP contribution in [0.2, 0.25) is 5.02 Å². The van der Waals surface area contributed by atoms with Gasteiger partial charge in [-0.05, 0) is 30.2 Å². The quantitative estimate of drug-likeness (QED) is 0.929. The van der Waals surface area contributed by atoms with Crippen LogP contribution < -0.4 is 5.32 Å². The predicted molar refractivity (Wildman–Crippen MR) is 79.6 cm³/mol. The topological polar surface area (TPSA) is 52.9 Å². The van der Waals surface area contributed by atoms with E-state index in [-0.39, 0.29) is 5.91 Å². The third-order valence-corrected chi connectivity index (χ3v) is 3.46. The zero-order valence-electron chi connectivity index (χ0n) is 10.9. The van der Waals surface area contributed by atoms with E-state index < -0.39 is 5.92 Å². The highest BCUT2D eigenvalue weighted by molar-refractivity contribution is 6.31. The van der Waals surface area contributed by atoms with E-state index >= 15 is 0 Å². The zero-order chi connectivity index (χ0) is 14.5. The van der Waals surface area contributed by atoms with Gasteiger partial charge in [-0.3, -0.25) is 4.79 Å². The number of amides is 1. The van der Waals surface area contributed by atoms with E-state index in [0.717, 1.165) is 5.56 Å². The molecule has 0 bridgehead atoms. The molecule has 0 aliphatic carbocycles. The first-order valence-corrected chi connectivity index (χ1v) is 6.52. The summed E-state index contributed by atoms with van der Waals surface area (Å²) in [6.07, 6.45) is 0. The highest BCUT2D eigenvalue weighted by atomic mass is 35.5. The second-order valence-electron chi connectivity index (χ2n) is 4.37. The summed E-state index contributed by atoms with van der Waals surface area (Å²) in [6.45, 7) is 1.82. The van der Waals surface area contributed by atoms with Crippen molar-refractivity contribution in [2.45, 2.75) is 12.8 Å². The molecule has 1 unspecified atom stereocenters. The Morgan fingerprint density at radius 1 is 1.20 bits per heavy atom. The van der Waals surface area contributed by atoms with E-state index in [1.807, 2.05) is 19.1 Å². The van der Waals surface area contributed by atoms with E-state index in [1.54, 1.807) is 42.5 Å². The van der Waals surface area contributed by atoms with E-state index in [0.29, 0.717) is 16.3 Å². The van der Waals surface area contributed by atoms with Crippen molar-refractivity contribution >= 4 is 23.2 Å². The Morgan fingerprint density at radius 2 is 1.90 bits per heavy atom. The second-order valence-corrected chi connectivity index (χ2v) is 4.78. The zero-order valence-corrected chi connectivity index (χ0v) is 11.7. The standard InChI is InChI=1S/C16H13ClN2O/c1-11-14(17)8-5-9-15(11)19-16(20)13(10-18)12-6-3-2-4-7-12/h2-9,13H,1H3,(H,19,20). The minimum absolute atomic E-state index is 0.357. The van der Waals surface area contributed by atoms with Crippen molar-refractivity contribution in [3.05, 3.63) is 64.7 Å². The normalized spacial score (nSPS) is 11.4. The van der Waals surface area contributed by atoms with Crippen LogP contribution in [0.4, 0.5) is 5.69 Å². The third kappa shape index (κ3) is 2.98. The molecule has 0 saturated carbocycles. The Kier molecular flexibility index (Phi) is 4.39. The van der Waals surface area contributed by atoms with Crippen molar-refractivity contribution in [1.29, 1.82) is 5.26 Å². The minimum Gasteiger partial charge on any atom is -0.324 e. The molecule has 1 amide bonds. The van der Waals surface area contributed by atoms with Gasteiger partial charge in [0.05, 0.1) is 6.07 Å². The monoisotopic (exact) mass is 284 g/mol. The molecule has 3 nitrogen and oxygen atoms in total. The van der Waals surface area contributed by atoms with Gasteiger partial charge in [0, 0.05) is 10.7 Å². The molecule has 0 saturated heterocycles. The summed E-state index contributed by atoms with van der Waals surface area (Å²) in [7, 11) is 0. The lowest BCUT2D eigenvalue weighted by Gasteiger charge is -2.13. The predicted octanol–water partition coefficient (Wildman–Crippen LogP) is 3.89. The maximum atomic E-state index is 12.2. The smallest absolute Gasteiger partial charge is 0.246 e. The summed E-state index contributed by atoms with van der Waals surface area (Å²) >= 11 is 6.01. The summed E-state index contributed by atoms with van der Waals surface area (Å²) in [5, 5.41) is 12.5. The van der Waals surface area contributed by atoms with Crippen molar-refractivity contribution in [1.82, 2.24) is 0 Å². The molecule has 0 aliphatic heterocycles. The van der Waals surface area contributed by atoms with E-state index in [4.69, 9.17) is 11.6 Å². The number of nitriles is 1. The Morgan fingerprint density at radius 3 is 2.55 bits per heavy atom. The molecule has 0 aliphatic rings. The molecule has 100 valence electrons. The number of rotatable bonds is 3. The lowest BCUT2D eigenvalue weighted by atomic mass is 9.99. The molecule has 20 heavy (non-hydrogen) atoms. The van der Waals surface area contributed by atoms with Gasteiger partial charge in [0.15, 0.2) is 5.92 Å². The Bertz CT molecular complexity index is 662. The molecule has 1 atom stereocenters. The molecule has 1 N–H and O–H groups in total. The number of nitrogens with zero attached hydrogens (tertiary/aromatic N) is 1. The van der Waals surface area contributed by atoms with Crippen molar-refractivity contribution in [3.63, 3.8) is 0 Å². The van der Waals surface area contributed by atoms with Gasteiger partial charge in [-0.1, -0.05) is 48.0 Å². The Balaban J connectivity index is 2.23. The van der Waals surface area contributed by atoms with Gasteiger partial charge in [0.2, 0.25) is 5.91 Å². The lowest BCUT2D eigenvalue weighted by Crippen LogP contribution is -2.20. The first kappa shape index (κ1) is 14.1. The molecular weight excluding hydrogens is 272 g/mol. The minimum atomic E-state index is -0.838. The SMILES string of the molecule is Cc1c(Cl)cccc1NC(=O)C(C#N)c1ccccc1. The van der Waals surface area contributed by atoms with Crippen molar-refractivity contribution < 1.29 is 4.79 Å². The van der Waals surface area contributed by atoms with Crippen LogP contribution in [0, 0.1) is 18.3 Å². The van der Waals surface area contributed by atoms with Gasteiger partial charge in [0.25, 0.3) is 0 Å². The lowest BCUT2D eigenvalue weighted by molar-refractivity contribution is -0.116. The largest absolute Gasteiger partial charge is 0.324 e.